The molecule has 0 aliphatic rings. The van der Waals surface area contributed by atoms with E-state index in [2.05, 4.69) is 15.9 Å². The Hall–Kier alpha value is -1.16. The number of rotatable bonds is 5. The number of benzene rings is 1. The molecule has 0 fully saturated rings. The van der Waals surface area contributed by atoms with Crippen molar-refractivity contribution in [3.8, 4) is 0 Å². The number of ether oxygens (including phenoxy) is 1. The first-order chi connectivity index (χ1) is 8.10. The molecule has 0 aliphatic heterocycles. The van der Waals surface area contributed by atoms with E-state index in [4.69, 9.17) is 4.74 Å². The highest BCUT2D eigenvalue weighted by Gasteiger charge is 2.28. The van der Waals surface area contributed by atoms with Gasteiger partial charge in [0, 0.05) is 10.9 Å². The Kier molecular flexibility index (Phi) is 5.35. The average Bonchev–Trinajstić information content (AvgIpc) is 2.29. The molecule has 1 aromatic rings. The van der Waals surface area contributed by atoms with Gasteiger partial charge in [-0.05, 0) is 24.6 Å². The summed E-state index contributed by atoms with van der Waals surface area (Å²) in [4.78, 5) is 23.6. The van der Waals surface area contributed by atoms with Crippen LogP contribution in [0.15, 0.2) is 28.7 Å². The number of Topliss-reactive ketones (excluding diaryl/α,β-unsaturated/α-hetero) is 1. The van der Waals surface area contributed by atoms with Gasteiger partial charge in [-0.15, -0.1) is 0 Å². The molecule has 3 nitrogen and oxygen atoms in total. The third-order valence-electron chi connectivity index (χ3n) is 2.37. The van der Waals surface area contributed by atoms with Gasteiger partial charge in [0.15, 0.2) is 5.78 Å². The Bertz CT molecular complexity index is 415. The van der Waals surface area contributed by atoms with Gasteiger partial charge < -0.3 is 4.74 Å². The van der Waals surface area contributed by atoms with Crippen LogP contribution in [0.4, 0.5) is 0 Å². The Morgan fingerprint density at radius 3 is 2.59 bits per heavy atom. The molecule has 0 saturated heterocycles. The fourth-order valence-corrected chi connectivity index (χ4v) is 1.99. The summed E-state index contributed by atoms with van der Waals surface area (Å²) in [5, 5.41) is 0. The smallest absolute Gasteiger partial charge is 0.321 e. The van der Waals surface area contributed by atoms with Gasteiger partial charge >= 0.3 is 5.97 Å². The zero-order valence-corrected chi connectivity index (χ0v) is 11.5. The van der Waals surface area contributed by atoms with E-state index in [9.17, 15) is 9.59 Å². The van der Waals surface area contributed by atoms with E-state index in [1.807, 2.05) is 6.07 Å². The van der Waals surface area contributed by atoms with Gasteiger partial charge in [0.1, 0.15) is 5.92 Å². The molecule has 0 spiro atoms. The van der Waals surface area contributed by atoms with Crippen molar-refractivity contribution in [1.82, 2.24) is 0 Å². The van der Waals surface area contributed by atoms with Crippen molar-refractivity contribution in [3.63, 3.8) is 0 Å². The van der Waals surface area contributed by atoms with E-state index in [-0.39, 0.29) is 12.4 Å². The lowest BCUT2D eigenvalue weighted by atomic mass is 9.93. The standard InChI is InChI=1S/C13H15BrO3/c1-3-11(15)12(13(16)17-4-2)9-6-5-7-10(14)8-9/h5-8,12H,3-4H2,1-2H3. The Balaban J connectivity index is 3.06. The number of esters is 1. The second-order valence-electron chi connectivity index (χ2n) is 3.56. The van der Waals surface area contributed by atoms with Crippen LogP contribution in [0.1, 0.15) is 31.7 Å². The zero-order valence-electron chi connectivity index (χ0n) is 9.90. The van der Waals surface area contributed by atoms with Gasteiger partial charge in [-0.1, -0.05) is 35.0 Å². The highest BCUT2D eigenvalue weighted by atomic mass is 79.9. The summed E-state index contributed by atoms with van der Waals surface area (Å²) in [6.45, 7) is 3.75. The molecule has 0 amide bonds. The second kappa shape index (κ2) is 6.55. The van der Waals surface area contributed by atoms with E-state index < -0.39 is 11.9 Å². The Morgan fingerprint density at radius 2 is 2.06 bits per heavy atom. The number of hydrogen-bond donors (Lipinski definition) is 0. The first-order valence-electron chi connectivity index (χ1n) is 5.55. The summed E-state index contributed by atoms with van der Waals surface area (Å²) in [6.07, 6.45) is 0.315. The summed E-state index contributed by atoms with van der Waals surface area (Å²) < 4.78 is 5.79. The van der Waals surface area contributed by atoms with Crippen molar-refractivity contribution in [1.29, 1.82) is 0 Å². The number of hydrogen-bond acceptors (Lipinski definition) is 3. The monoisotopic (exact) mass is 298 g/mol. The predicted octanol–water partition coefficient (Wildman–Crippen LogP) is 3.07. The van der Waals surface area contributed by atoms with Crippen LogP contribution in [0.3, 0.4) is 0 Å². The van der Waals surface area contributed by atoms with E-state index in [0.29, 0.717) is 12.0 Å². The van der Waals surface area contributed by atoms with Gasteiger partial charge in [0.05, 0.1) is 6.61 Å². The highest BCUT2D eigenvalue weighted by molar-refractivity contribution is 9.10. The van der Waals surface area contributed by atoms with Crippen LogP contribution in [0.2, 0.25) is 0 Å². The van der Waals surface area contributed by atoms with Crippen LogP contribution in [0.5, 0.6) is 0 Å². The van der Waals surface area contributed by atoms with Crippen molar-refractivity contribution in [2.24, 2.45) is 0 Å². The number of carbonyl (C=O) groups excluding carboxylic acids is 2. The van der Waals surface area contributed by atoms with Crippen molar-refractivity contribution < 1.29 is 14.3 Å². The van der Waals surface area contributed by atoms with Crippen molar-refractivity contribution >= 4 is 27.7 Å². The van der Waals surface area contributed by atoms with Crippen molar-refractivity contribution in [2.45, 2.75) is 26.2 Å². The van der Waals surface area contributed by atoms with Crippen LogP contribution in [-0.4, -0.2) is 18.4 Å². The summed E-state index contributed by atoms with van der Waals surface area (Å²) in [5.41, 5.74) is 0.671. The summed E-state index contributed by atoms with van der Waals surface area (Å²) in [5.74, 6) is -1.41. The minimum absolute atomic E-state index is 0.124. The molecule has 0 saturated carbocycles. The Labute approximate surface area is 109 Å². The first-order valence-corrected chi connectivity index (χ1v) is 6.34. The van der Waals surface area contributed by atoms with Gasteiger partial charge in [0.25, 0.3) is 0 Å². The normalized spacial score (nSPS) is 11.9. The fraction of sp³-hybridized carbons (Fsp3) is 0.385. The summed E-state index contributed by atoms with van der Waals surface area (Å²) >= 11 is 3.33. The molecular weight excluding hydrogens is 284 g/mol. The number of carbonyl (C=O) groups is 2. The molecular formula is C13H15BrO3. The lowest BCUT2D eigenvalue weighted by molar-refractivity contribution is -0.147. The molecule has 0 heterocycles. The fourth-order valence-electron chi connectivity index (χ4n) is 1.57. The van der Waals surface area contributed by atoms with Crippen molar-refractivity contribution in [2.75, 3.05) is 6.61 Å². The van der Waals surface area contributed by atoms with E-state index in [0.717, 1.165) is 4.47 Å². The van der Waals surface area contributed by atoms with Crippen LogP contribution in [0.25, 0.3) is 0 Å². The van der Waals surface area contributed by atoms with Gasteiger partial charge in [-0.3, -0.25) is 9.59 Å². The summed E-state index contributed by atoms with van der Waals surface area (Å²) in [7, 11) is 0. The quantitative estimate of drug-likeness (QED) is 0.620. The number of halogens is 1. The van der Waals surface area contributed by atoms with Crippen LogP contribution >= 0.6 is 15.9 Å². The molecule has 0 aromatic heterocycles. The molecule has 0 aliphatic carbocycles. The van der Waals surface area contributed by atoms with E-state index >= 15 is 0 Å². The molecule has 0 N–H and O–H groups in total. The maximum Gasteiger partial charge on any atom is 0.321 e. The van der Waals surface area contributed by atoms with Crippen molar-refractivity contribution in [3.05, 3.63) is 34.3 Å². The van der Waals surface area contributed by atoms with Crippen LogP contribution in [-0.2, 0) is 14.3 Å². The van der Waals surface area contributed by atoms with Gasteiger partial charge in [-0.25, -0.2) is 0 Å². The minimum atomic E-state index is -0.808. The molecule has 1 rings (SSSR count). The minimum Gasteiger partial charge on any atom is -0.465 e. The zero-order chi connectivity index (χ0) is 12.8. The molecule has 1 unspecified atom stereocenters. The molecule has 0 bridgehead atoms. The molecule has 17 heavy (non-hydrogen) atoms. The van der Waals surface area contributed by atoms with Crippen LogP contribution in [0, 0.1) is 0 Å². The maximum atomic E-state index is 11.8. The van der Waals surface area contributed by atoms with Gasteiger partial charge in [0.2, 0.25) is 0 Å². The molecule has 1 atom stereocenters. The second-order valence-corrected chi connectivity index (χ2v) is 4.48. The molecule has 92 valence electrons. The lowest BCUT2D eigenvalue weighted by Gasteiger charge is -2.14. The highest BCUT2D eigenvalue weighted by Crippen LogP contribution is 2.23. The van der Waals surface area contributed by atoms with E-state index in [1.54, 1.807) is 32.0 Å². The maximum absolute atomic E-state index is 11.8. The number of ketones is 1. The molecule has 0 radical (unpaired) electrons. The van der Waals surface area contributed by atoms with Crippen LogP contribution < -0.4 is 0 Å². The summed E-state index contributed by atoms with van der Waals surface area (Å²) in [6, 6.07) is 7.19. The lowest BCUT2D eigenvalue weighted by Crippen LogP contribution is -2.23. The molecule has 4 heteroatoms. The molecule has 1 aromatic carbocycles. The topological polar surface area (TPSA) is 43.4 Å². The van der Waals surface area contributed by atoms with E-state index in [1.165, 1.54) is 0 Å². The third-order valence-corrected chi connectivity index (χ3v) is 2.87. The third kappa shape index (κ3) is 3.66. The van der Waals surface area contributed by atoms with Gasteiger partial charge in [-0.2, -0.15) is 0 Å². The SMILES string of the molecule is CCOC(=O)C(C(=O)CC)c1cccc(Br)c1. The average molecular weight is 299 g/mol. The first kappa shape index (κ1) is 13.9. The Morgan fingerprint density at radius 1 is 1.35 bits per heavy atom. The predicted molar refractivity (Wildman–Crippen MR) is 68.8 cm³/mol. The largest absolute Gasteiger partial charge is 0.465 e.